The summed E-state index contributed by atoms with van der Waals surface area (Å²) in [7, 11) is 0. The molecule has 34 aromatic rings. The molecule has 21 aromatic carbocycles. The minimum absolute atomic E-state index is 0.698. The Labute approximate surface area is 846 Å². The maximum Gasteiger partial charge on any atom is 0.235 e. The van der Waals surface area contributed by atoms with Crippen LogP contribution in [-0.4, -0.2) is 43.6 Å². The molecule has 0 radical (unpaired) electrons. The summed E-state index contributed by atoms with van der Waals surface area (Å²) >= 11 is 13.1. The number of fused-ring (bicyclic) bond motifs is 44. The Balaban J connectivity index is 0.0000000967. The van der Waals surface area contributed by atoms with Gasteiger partial charge >= 0.3 is 0 Å². The van der Waals surface area contributed by atoms with Crippen LogP contribution in [0.25, 0.3) is 312 Å². The van der Waals surface area contributed by atoms with Crippen LogP contribution in [0.15, 0.2) is 419 Å². The van der Waals surface area contributed by atoms with Gasteiger partial charge in [-0.15, -0.1) is 79.4 Å². The highest BCUT2D eigenvalue weighted by molar-refractivity contribution is 7.38. The van der Waals surface area contributed by atoms with Gasteiger partial charge in [-0.3, -0.25) is 13.7 Å². The largest absolute Gasteiger partial charge is 0.276 e. The first-order valence-corrected chi connectivity index (χ1v) is 53.9. The third-order valence-corrected chi connectivity index (χ3v) is 38.2. The molecule has 13 aromatic heterocycles. The van der Waals surface area contributed by atoms with Crippen LogP contribution in [0.1, 0.15) is 0 Å². The smallest absolute Gasteiger partial charge is 0.235 e. The van der Waals surface area contributed by atoms with Gasteiger partial charge in [-0.25, -0.2) is 29.9 Å². The van der Waals surface area contributed by atoms with E-state index in [4.69, 9.17) is 29.9 Å². The summed E-state index contributed by atoms with van der Waals surface area (Å²) in [6.07, 6.45) is 0. The lowest BCUT2D eigenvalue weighted by Gasteiger charge is -2.16. The third kappa shape index (κ3) is 11.7. The normalized spacial score (nSPS) is 12.3. The molecule has 0 fully saturated rings. The molecule has 0 aliphatic rings. The Morgan fingerprint density at radius 3 is 0.792 bits per heavy atom. The molecule has 0 saturated heterocycles. The number of nitrogens with zero attached hydrogens (tertiary/aromatic N) is 9. The van der Waals surface area contributed by atoms with E-state index in [1.807, 2.05) is 79.4 Å². The molecule has 9 nitrogen and oxygen atoms in total. The summed E-state index contributed by atoms with van der Waals surface area (Å²) in [5.41, 5.74) is 16.1. The van der Waals surface area contributed by atoms with Gasteiger partial charge in [0.25, 0.3) is 0 Å². The molecule has 0 aliphatic carbocycles. The number of thiophene rings is 7. The van der Waals surface area contributed by atoms with Gasteiger partial charge in [-0.1, -0.05) is 370 Å². The van der Waals surface area contributed by atoms with Crippen LogP contribution in [0, 0.1) is 0 Å². The van der Waals surface area contributed by atoms with Crippen LogP contribution in [0.3, 0.4) is 0 Å². The molecular formula is C128H69N9S7. The number of aromatic nitrogens is 9. The van der Waals surface area contributed by atoms with Crippen molar-refractivity contribution < 1.29 is 0 Å². The van der Waals surface area contributed by atoms with Gasteiger partial charge in [-0.2, -0.15) is 0 Å². The van der Waals surface area contributed by atoms with Gasteiger partial charge < -0.3 is 0 Å². The average molecular weight is 1960 g/mol. The minimum atomic E-state index is 0.698. The SMILES string of the molecule is c1ccc2c(-c3nc(-n4c5ccccc5c5sc6c7ccccc7sc6c54)nc4c5ccccc5c5ccccc5c34)cccc2c1.c1ccc2c(-c3nc(-n4c5ccccc5c5sc6c7ccccc7sc6c54)nc4c5ccccc5c5ccccc5c34)cccc2c1.c1ccc2c(c1)sc1cc(-c3nc(-n4c5ccccc5c5sc6c7ccccc7sc6c54)nc4c5ccccc5c5ccccc5c34)ccc12. The van der Waals surface area contributed by atoms with Crippen LogP contribution >= 0.6 is 79.4 Å². The summed E-state index contributed by atoms with van der Waals surface area (Å²) < 4.78 is 25.2. The maximum absolute atomic E-state index is 5.64. The predicted molar refractivity (Wildman–Crippen MR) is 623 cm³/mol. The van der Waals surface area contributed by atoms with Crippen LogP contribution < -0.4 is 0 Å². The van der Waals surface area contributed by atoms with E-state index >= 15 is 0 Å². The maximum atomic E-state index is 5.64. The highest BCUT2D eigenvalue weighted by Gasteiger charge is 2.31. The van der Waals surface area contributed by atoms with Crippen molar-refractivity contribution in [3.8, 4) is 51.6 Å². The molecule has 13 heterocycles. The van der Waals surface area contributed by atoms with Gasteiger partial charge in [0.15, 0.2) is 0 Å². The predicted octanol–water partition coefficient (Wildman–Crippen LogP) is 38.1. The van der Waals surface area contributed by atoms with Crippen molar-refractivity contribution in [3.63, 3.8) is 0 Å². The summed E-state index contributed by atoms with van der Waals surface area (Å²) in [5, 5.41) is 32.4. The number of hydrogen-bond acceptors (Lipinski definition) is 13. The molecule has 34 rings (SSSR count). The molecular weight excluding hydrogens is 1890 g/mol. The van der Waals surface area contributed by atoms with Crippen LogP contribution in [0.4, 0.5) is 0 Å². The monoisotopic (exact) mass is 1960 g/mol. The molecule has 0 atom stereocenters. The molecule has 16 heteroatoms. The Hall–Kier alpha value is -16.9. The number of benzene rings is 21. The lowest BCUT2D eigenvalue weighted by atomic mass is 9.93. The van der Waals surface area contributed by atoms with Gasteiger partial charge in [-0.05, 0) is 119 Å². The van der Waals surface area contributed by atoms with Gasteiger partial charge in [0, 0.05) is 116 Å². The summed E-state index contributed by atoms with van der Waals surface area (Å²) in [6, 6.07) is 151. The van der Waals surface area contributed by atoms with E-state index in [-0.39, 0.29) is 0 Å². The Morgan fingerprint density at radius 1 is 0.160 bits per heavy atom. The zero-order valence-electron chi connectivity index (χ0n) is 76.2. The van der Waals surface area contributed by atoms with E-state index in [9.17, 15) is 0 Å². The Morgan fingerprint density at radius 2 is 0.424 bits per heavy atom. The first kappa shape index (κ1) is 80.9. The van der Waals surface area contributed by atoms with E-state index in [2.05, 4.69) is 432 Å². The van der Waals surface area contributed by atoms with Gasteiger partial charge in [0.2, 0.25) is 17.8 Å². The summed E-state index contributed by atoms with van der Waals surface area (Å²) in [4.78, 5) is 33.6. The summed E-state index contributed by atoms with van der Waals surface area (Å²) in [5.74, 6) is 2.10. The van der Waals surface area contributed by atoms with Crippen molar-refractivity contribution in [1.29, 1.82) is 0 Å². The lowest BCUT2D eigenvalue weighted by molar-refractivity contribution is 1.02. The standard InChI is InChI=1S/C44H23N3S3.2C42H23N3S2/c1-3-14-29-25(11-1)26-12-2-4-15-30(26)39-37(29)38(24-21-22-28-27-13-6-9-19-34(27)48-36(28)23-24)45-44(46-39)47-33-18-8-5-16-31(33)41-40(47)43-42(50-41)32-17-7-10-20-35(32)49-43;2*1-2-14-25-24(12-1)13-11-21-29(25)36-35-28-17-5-3-15-26(28)27-16-4-6-18-30(27)37(35)44-42(43-36)45-33-22-9-7-19-31(33)39-38(45)41-40(47-39)32-20-8-10-23-34(32)46-41/h1-23H;2*1-23H. The van der Waals surface area contributed by atoms with Crippen molar-refractivity contribution >= 4 is 340 Å². The molecule has 668 valence electrons. The van der Waals surface area contributed by atoms with E-state index in [1.165, 1.54) is 195 Å². The zero-order valence-corrected chi connectivity index (χ0v) is 81.9. The molecule has 0 N–H and O–H groups in total. The molecule has 0 bridgehead atoms. The minimum Gasteiger partial charge on any atom is -0.276 e. The third-order valence-electron chi connectivity index (χ3n) is 29.4. The fourth-order valence-corrected chi connectivity index (χ4v) is 32.7. The molecule has 0 aliphatic heterocycles. The van der Waals surface area contributed by atoms with E-state index in [0.717, 1.165) is 99.2 Å². The highest BCUT2D eigenvalue weighted by atomic mass is 32.1. The van der Waals surface area contributed by atoms with E-state index in [1.54, 1.807) is 0 Å². The lowest BCUT2D eigenvalue weighted by Crippen LogP contribution is -2.04. The number of para-hydroxylation sites is 3. The van der Waals surface area contributed by atoms with Crippen LogP contribution in [0.2, 0.25) is 0 Å². The highest BCUT2D eigenvalue weighted by Crippen LogP contribution is 2.55. The molecule has 0 spiro atoms. The Bertz CT molecular complexity index is 11200. The second-order valence-corrected chi connectivity index (χ2v) is 44.4. The first-order chi connectivity index (χ1) is 71.5. The average Bonchev–Trinajstić information content (AvgIpc) is 1.50. The van der Waals surface area contributed by atoms with Crippen molar-refractivity contribution in [3.05, 3.63) is 419 Å². The van der Waals surface area contributed by atoms with Gasteiger partial charge in [0.05, 0.1) is 109 Å². The van der Waals surface area contributed by atoms with Crippen LogP contribution in [-0.2, 0) is 0 Å². The molecule has 0 amide bonds. The van der Waals surface area contributed by atoms with Crippen LogP contribution in [0.5, 0.6) is 0 Å². The number of rotatable bonds is 6. The summed E-state index contributed by atoms with van der Waals surface area (Å²) in [6.45, 7) is 0. The molecule has 144 heavy (non-hydrogen) atoms. The molecule has 0 saturated carbocycles. The van der Waals surface area contributed by atoms with E-state index in [0.29, 0.717) is 17.8 Å². The van der Waals surface area contributed by atoms with Crippen molar-refractivity contribution in [1.82, 2.24) is 43.6 Å². The zero-order chi connectivity index (χ0) is 93.8. The fourth-order valence-electron chi connectivity index (χ4n) is 23.2. The number of hydrogen-bond donors (Lipinski definition) is 0. The molecule has 0 unspecified atom stereocenters. The van der Waals surface area contributed by atoms with Crippen molar-refractivity contribution in [2.24, 2.45) is 0 Å². The van der Waals surface area contributed by atoms with E-state index < -0.39 is 0 Å². The second-order valence-electron chi connectivity index (χ2n) is 37.1. The second kappa shape index (κ2) is 31.3. The van der Waals surface area contributed by atoms with Crippen molar-refractivity contribution in [2.75, 3.05) is 0 Å². The van der Waals surface area contributed by atoms with Crippen molar-refractivity contribution in [2.45, 2.75) is 0 Å². The fraction of sp³-hybridized carbons (Fsp3) is 0. The Kier molecular flexibility index (Phi) is 17.6. The first-order valence-electron chi connectivity index (χ1n) is 48.2. The quantitative estimate of drug-likeness (QED) is 0.154. The topological polar surface area (TPSA) is 92.1 Å². The van der Waals surface area contributed by atoms with Gasteiger partial charge in [0.1, 0.15) is 0 Å².